The summed E-state index contributed by atoms with van der Waals surface area (Å²) >= 11 is 0. The standard InChI is InChI=1S/C17H22O3/c1-4-8-15-14(10-7-12-17(15)20-3)16(19)11-6-5-9-13(2)18/h4,7,10,12-13,16,18-19H,1,5,8-9H2,2-3H3/t13-,16-/m0/s1. The fourth-order valence-corrected chi connectivity index (χ4v) is 1.92. The van der Waals surface area contributed by atoms with E-state index in [1.54, 1.807) is 20.1 Å². The van der Waals surface area contributed by atoms with Gasteiger partial charge in [0.05, 0.1) is 13.2 Å². The highest BCUT2D eigenvalue weighted by molar-refractivity contribution is 5.44. The molecular weight excluding hydrogens is 252 g/mol. The van der Waals surface area contributed by atoms with Crippen molar-refractivity contribution in [2.45, 2.75) is 38.4 Å². The average Bonchev–Trinajstić information content (AvgIpc) is 2.43. The molecule has 1 rings (SSSR count). The Balaban J connectivity index is 2.91. The third-order valence-electron chi connectivity index (χ3n) is 2.96. The third kappa shape index (κ3) is 4.73. The summed E-state index contributed by atoms with van der Waals surface area (Å²) in [6.07, 6.45) is 2.34. The lowest BCUT2D eigenvalue weighted by Crippen LogP contribution is -2.02. The molecule has 0 unspecified atom stereocenters. The lowest BCUT2D eigenvalue weighted by Gasteiger charge is -2.14. The minimum absolute atomic E-state index is 0.366. The molecule has 20 heavy (non-hydrogen) atoms. The largest absolute Gasteiger partial charge is 0.496 e. The molecule has 2 N–H and O–H groups in total. The first kappa shape index (κ1) is 16.3. The summed E-state index contributed by atoms with van der Waals surface area (Å²) in [6.45, 7) is 5.45. The van der Waals surface area contributed by atoms with Crippen LogP contribution in [0.25, 0.3) is 0 Å². The topological polar surface area (TPSA) is 49.7 Å². The highest BCUT2D eigenvalue weighted by atomic mass is 16.5. The maximum Gasteiger partial charge on any atom is 0.140 e. The van der Waals surface area contributed by atoms with Gasteiger partial charge in [-0.2, -0.15) is 0 Å². The molecule has 0 heterocycles. The highest BCUT2D eigenvalue weighted by Gasteiger charge is 2.13. The van der Waals surface area contributed by atoms with Crippen molar-refractivity contribution in [2.75, 3.05) is 7.11 Å². The van der Waals surface area contributed by atoms with Crippen LogP contribution in [0, 0.1) is 11.8 Å². The molecule has 0 aliphatic carbocycles. The fraction of sp³-hybridized carbons (Fsp3) is 0.412. The summed E-state index contributed by atoms with van der Waals surface area (Å²) in [5.74, 6) is 6.43. The van der Waals surface area contributed by atoms with Gasteiger partial charge < -0.3 is 14.9 Å². The second kappa shape index (κ2) is 8.42. The van der Waals surface area contributed by atoms with Crippen LogP contribution in [0.1, 0.15) is 37.0 Å². The van der Waals surface area contributed by atoms with E-state index in [1.165, 1.54) is 0 Å². The molecule has 0 fully saturated rings. The summed E-state index contributed by atoms with van der Waals surface area (Å²) < 4.78 is 5.31. The Morgan fingerprint density at radius 1 is 1.40 bits per heavy atom. The number of rotatable bonds is 6. The van der Waals surface area contributed by atoms with E-state index in [2.05, 4.69) is 18.4 Å². The number of methoxy groups -OCH3 is 1. The van der Waals surface area contributed by atoms with Crippen LogP contribution in [0.2, 0.25) is 0 Å². The van der Waals surface area contributed by atoms with Crippen LogP contribution >= 0.6 is 0 Å². The first-order valence-corrected chi connectivity index (χ1v) is 6.71. The quantitative estimate of drug-likeness (QED) is 0.619. The number of benzene rings is 1. The van der Waals surface area contributed by atoms with Gasteiger partial charge >= 0.3 is 0 Å². The highest BCUT2D eigenvalue weighted by Crippen LogP contribution is 2.27. The van der Waals surface area contributed by atoms with Crippen LogP contribution in [0.5, 0.6) is 5.75 Å². The number of allylic oxidation sites excluding steroid dienone is 1. The number of aliphatic hydroxyl groups excluding tert-OH is 2. The van der Waals surface area contributed by atoms with Gasteiger partial charge in [-0.15, -0.1) is 12.5 Å². The monoisotopic (exact) mass is 274 g/mol. The number of ether oxygens (including phenoxy) is 1. The van der Waals surface area contributed by atoms with Crippen molar-refractivity contribution in [3.63, 3.8) is 0 Å². The molecule has 1 aromatic carbocycles. The summed E-state index contributed by atoms with van der Waals surface area (Å²) in [4.78, 5) is 0. The van der Waals surface area contributed by atoms with E-state index in [-0.39, 0.29) is 6.10 Å². The van der Waals surface area contributed by atoms with Gasteiger partial charge in [-0.3, -0.25) is 0 Å². The molecule has 0 spiro atoms. The number of aliphatic hydroxyl groups is 2. The Morgan fingerprint density at radius 3 is 2.75 bits per heavy atom. The van der Waals surface area contributed by atoms with Crippen LogP contribution in [-0.4, -0.2) is 23.4 Å². The number of hydrogen-bond donors (Lipinski definition) is 2. The van der Waals surface area contributed by atoms with Crippen LogP contribution in [0.4, 0.5) is 0 Å². The van der Waals surface area contributed by atoms with E-state index in [4.69, 9.17) is 9.84 Å². The SMILES string of the molecule is C=CCc1c(OC)cccc1[C@@H](O)C#CCC[C@H](C)O. The molecule has 108 valence electrons. The molecular formula is C17H22O3. The Bertz CT molecular complexity index is 495. The molecule has 2 atom stereocenters. The molecule has 0 amide bonds. The van der Waals surface area contributed by atoms with E-state index in [9.17, 15) is 5.11 Å². The molecule has 0 saturated carbocycles. The fourth-order valence-electron chi connectivity index (χ4n) is 1.92. The van der Waals surface area contributed by atoms with Crippen molar-refractivity contribution in [3.05, 3.63) is 42.0 Å². The van der Waals surface area contributed by atoms with Crippen molar-refractivity contribution in [3.8, 4) is 17.6 Å². The smallest absolute Gasteiger partial charge is 0.140 e. The van der Waals surface area contributed by atoms with Crippen LogP contribution in [0.3, 0.4) is 0 Å². The molecule has 3 heteroatoms. The van der Waals surface area contributed by atoms with Crippen LogP contribution < -0.4 is 4.74 Å². The molecule has 0 saturated heterocycles. The third-order valence-corrected chi connectivity index (χ3v) is 2.96. The van der Waals surface area contributed by atoms with E-state index in [0.717, 1.165) is 16.9 Å². The maximum atomic E-state index is 10.2. The Hall–Kier alpha value is -1.76. The van der Waals surface area contributed by atoms with E-state index >= 15 is 0 Å². The van der Waals surface area contributed by atoms with Gasteiger partial charge in [-0.1, -0.05) is 24.1 Å². The zero-order valence-corrected chi connectivity index (χ0v) is 12.1. The maximum absolute atomic E-state index is 10.2. The predicted octanol–water partition coefficient (Wildman–Crippen LogP) is 2.62. The van der Waals surface area contributed by atoms with Gasteiger partial charge in [0, 0.05) is 12.0 Å². The van der Waals surface area contributed by atoms with Gasteiger partial charge in [-0.05, 0) is 31.4 Å². The van der Waals surface area contributed by atoms with Gasteiger partial charge in [-0.25, -0.2) is 0 Å². The van der Waals surface area contributed by atoms with Crippen molar-refractivity contribution in [1.82, 2.24) is 0 Å². The Morgan fingerprint density at radius 2 is 2.15 bits per heavy atom. The Kier molecular flexibility index (Phi) is 6.86. The summed E-state index contributed by atoms with van der Waals surface area (Å²) in [7, 11) is 1.60. The number of hydrogen-bond acceptors (Lipinski definition) is 3. The minimum atomic E-state index is -0.853. The second-order valence-corrected chi connectivity index (χ2v) is 4.63. The molecule has 0 aromatic heterocycles. The van der Waals surface area contributed by atoms with Gasteiger partial charge in [0.2, 0.25) is 0 Å². The first-order valence-electron chi connectivity index (χ1n) is 6.71. The molecule has 0 bridgehead atoms. The van der Waals surface area contributed by atoms with Crippen molar-refractivity contribution in [1.29, 1.82) is 0 Å². The zero-order valence-electron chi connectivity index (χ0n) is 12.1. The van der Waals surface area contributed by atoms with Gasteiger partial charge in [0.25, 0.3) is 0 Å². The lowest BCUT2D eigenvalue weighted by molar-refractivity contribution is 0.186. The second-order valence-electron chi connectivity index (χ2n) is 4.63. The Labute approximate surface area is 120 Å². The predicted molar refractivity (Wildman–Crippen MR) is 80.5 cm³/mol. The van der Waals surface area contributed by atoms with Gasteiger partial charge in [0.15, 0.2) is 0 Å². The van der Waals surface area contributed by atoms with E-state index < -0.39 is 6.10 Å². The van der Waals surface area contributed by atoms with Crippen LogP contribution in [-0.2, 0) is 6.42 Å². The molecule has 3 nitrogen and oxygen atoms in total. The molecule has 1 aromatic rings. The molecule has 0 aliphatic rings. The summed E-state index contributed by atoms with van der Waals surface area (Å²) in [5.41, 5.74) is 1.65. The first-order chi connectivity index (χ1) is 9.60. The van der Waals surface area contributed by atoms with Gasteiger partial charge in [0.1, 0.15) is 11.9 Å². The minimum Gasteiger partial charge on any atom is -0.496 e. The van der Waals surface area contributed by atoms with Crippen LogP contribution in [0.15, 0.2) is 30.9 Å². The normalized spacial score (nSPS) is 13.0. The van der Waals surface area contributed by atoms with Crippen molar-refractivity contribution < 1.29 is 14.9 Å². The van der Waals surface area contributed by atoms with Crippen molar-refractivity contribution in [2.24, 2.45) is 0 Å². The molecule has 0 aliphatic heterocycles. The average molecular weight is 274 g/mol. The zero-order chi connectivity index (χ0) is 15.0. The molecule has 0 radical (unpaired) electrons. The van der Waals surface area contributed by atoms with Crippen molar-refractivity contribution >= 4 is 0 Å². The van der Waals surface area contributed by atoms with E-state index in [1.807, 2.05) is 18.2 Å². The van der Waals surface area contributed by atoms with E-state index in [0.29, 0.717) is 19.3 Å². The summed E-state index contributed by atoms with van der Waals surface area (Å²) in [6, 6.07) is 5.53. The summed E-state index contributed by atoms with van der Waals surface area (Å²) in [5, 5.41) is 19.3. The lowest BCUT2D eigenvalue weighted by atomic mass is 9.98.